The van der Waals surface area contributed by atoms with E-state index in [1.165, 1.54) is 0 Å². The number of ether oxygens (including phenoxy) is 1. The zero-order valence-corrected chi connectivity index (χ0v) is 11.9. The van der Waals surface area contributed by atoms with Crippen molar-refractivity contribution in [3.05, 3.63) is 35.0 Å². The van der Waals surface area contributed by atoms with Crippen molar-refractivity contribution in [2.45, 2.75) is 6.92 Å². The molecule has 1 N–H and O–H groups in total. The highest BCUT2D eigenvalue weighted by Gasteiger charge is 2.05. The zero-order valence-electron chi connectivity index (χ0n) is 10.4. The molecule has 0 fully saturated rings. The van der Waals surface area contributed by atoms with Gasteiger partial charge in [0.05, 0.1) is 11.5 Å². The first-order chi connectivity index (χ1) is 8.70. The monoisotopic (exact) mass is 282 g/mol. The van der Waals surface area contributed by atoms with E-state index in [4.69, 9.17) is 16.3 Å². The molecule has 5 heteroatoms. The summed E-state index contributed by atoms with van der Waals surface area (Å²) >= 11 is 7.74. The first-order valence-corrected chi connectivity index (χ1v) is 6.85. The van der Waals surface area contributed by atoms with Crippen molar-refractivity contribution < 1.29 is 4.74 Å². The molecular weight excluding hydrogens is 268 g/mol. The largest absolute Gasteiger partial charge is 0.383 e. The third-order valence-electron chi connectivity index (χ3n) is 2.54. The number of hydrogen-bond donors (Lipinski definition) is 1. The Balaban J connectivity index is 2.11. The van der Waals surface area contributed by atoms with Crippen LogP contribution in [-0.2, 0) is 4.74 Å². The van der Waals surface area contributed by atoms with Gasteiger partial charge in [0.15, 0.2) is 5.13 Å². The second-order valence-corrected chi connectivity index (χ2v) is 5.35. The van der Waals surface area contributed by atoms with E-state index in [0.717, 1.165) is 32.7 Å². The molecule has 1 heterocycles. The summed E-state index contributed by atoms with van der Waals surface area (Å²) in [5.41, 5.74) is 2.19. The van der Waals surface area contributed by atoms with Crippen molar-refractivity contribution in [3.8, 4) is 10.4 Å². The van der Waals surface area contributed by atoms with Gasteiger partial charge in [-0.1, -0.05) is 35.1 Å². The van der Waals surface area contributed by atoms with Crippen LogP contribution < -0.4 is 5.32 Å². The van der Waals surface area contributed by atoms with Gasteiger partial charge in [0.1, 0.15) is 0 Å². The number of anilines is 1. The van der Waals surface area contributed by atoms with Gasteiger partial charge in [-0.15, -0.1) is 0 Å². The number of aromatic nitrogens is 1. The van der Waals surface area contributed by atoms with Crippen LogP contribution in [-0.4, -0.2) is 25.2 Å². The quantitative estimate of drug-likeness (QED) is 0.846. The van der Waals surface area contributed by atoms with Crippen molar-refractivity contribution in [2.24, 2.45) is 0 Å². The molecule has 2 rings (SSSR count). The normalized spacial score (nSPS) is 10.6. The molecule has 0 atom stereocenters. The SMILES string of the molecule is COCCNc1ncc(-c2ccc(C)c(Cl)c2)s1. The average Bonchev–Trinajstić information content (AvgIpc) is 2.82. The van der Waals surface area contributed by atoms with Crippen LogP contribution in [0.5, 0.6) is 0 Å². The van der Waals surface area contributed by atoms with Gasteiger partial charge in [-0.2, -0.15) is 0 Å². The number of nitrogens with one attached hydrogen (secondary N) is 1. The number of aryl methyl sites for hydroxylation is 1. The van der Waals surface area contributed by atoms with Gasteiger partial charge in [0.25, 0.3) is 0 Å². The van der Waals surface area contributed by atoms with E-state index in [9.17, 15) is 0 Å². The summed E-state index contributed by atoms with van der Waals surface area (Å²) in [7, 11) is 1.68. The van der Waals surface area contributed by atoms with Crippen LogP contribution in [0.1, 0.15) is 5.56 Å². The van der Waals surface area contributed by atoms with Crippen molar-refractivity contribution in [3.63, 3.8) is 0 Å². The molecule has 0 amide bonds. The Morgan fingerprint density at radius 2 is 2.28 bits per heavy atom. The summed E-state index contributed by atoms with van der Waals surface area (Å²) in [4.78, 5) is 5.43. The minimum absolute atomic E-state index is 0.672. The third-order valence-corrected chi connectivity index (χ3v) is 3.96. The lowest BCUT2D eigenvalue weighted by molar-refractivity contribution is 0.211. The van der Waals surface area contributed by atoms with Gasteiger partial charge in [-0.3, -0.25) is 0 Å². The standard InChI is InChI=1S/C13H15ClN2OS/c1-9-3-4-10(7-11(9)14)12-8-16-13(18-12)15-5-6-17-2/h3-4,7-8H,5-6H2,1-2H3,(H,15,16). The number of nitrogens with zero attached hydrogens (tertiary/aromatic N) is 1. The van der Waals surface area contributed by atoms with E-state index >= 15 is 0 Å². The molecule has 1 aromatic carbocycles. The maximum atomic E-state index is 6.12. The Morgan fingerprint density at radius 3 is 3.00 bits per heavy atom. The molecule has 0 radical (unpaired) electrons. The number of hydrogen-bond acceptors (Lipinski definition) is 4. The van der Waals surface area contributed by atoms with Gasteiger partial charge < -0.3 is 10.1 Å². The molecule has 18 heavy (non-hydrogen) atoms. The molecule has 1 aromatic heterocycles. The fourth-order valence-electron chi connectivity index (χ4n) is 1.50. The Labute approximate surface area is 116 Å². The van der Waals surface area contributed by atoms with Crippen molar-refractivity contribution >= 4 is 28.1 Å². The Bertz CT molecular complexity index is 527. The second-order valence-electron chi connectivity index (χ2n) is 3.91. The van der Waals surface area contributed by atoms with E-state index in [1.807, 2.05) is 25.3 Å². The summed E-state index contributed by atoms with van der Waals surface area (Å²) in [5.74, 6) is 0. The van der Waals surface area contributed by atoms with Gasteiger partial charge in [0, 0.05) is 24.9 Å². The van der Waals surface area contributed by atoms with Crippen molar-refractivity contribution in [2.75, 3.05) is 25.6 Å². The second kappa shape index (κ2) is 6.18. The molecule has 0 aliphatic carbocycles. The molecule has 3 nitrogen and oxygen atoms in total. The lowest BCUT2D eigenvalue weighted by atomic mass is 10.1. The molecule has 0 saturated heterocycles. The fourth-order valence-corrected chi connectivity index (χ4v) is 2.51. The predicted molar refractivity (Wildman–Crippen MR) is 77.7 cm³/mol. The van der Waals surface area contributed by atoms with Gasteiger partial charge in [-0.25, -0.2) is 4.98 Å². The third kappa shape index (κ3) is 3.22. The molecule has 96 valence electrons. The number of benzene rings is 1. The highest BCUT2D eigenvalue weighted by Crippen LogP contribution is 2.31. The first kappa shape index (κ1) is 13.3. The number of rotatable bonds is 5. The topological polar surface area (TPSA) is 34.1 Å². The van der Waals surface area contributed by atoms with E-state index in [2.05, 4.69) is 16.4 Å². The Hall–Kier alpha value is -1.10. The smallest absolute Gasteiger partial charge is 0.183 e. The van der Waals surface area contributed by atoms with Crippen LogP contribution in [0.4, 0.5) is 5.13 Å². The first-order valence-electron chi connectivity index (χ1n) is 5.66. The highest BCUT2D eigenvalue weighted by molar-refractivity contribution is 7.18. The van der Waals surface area contributed by atoms with Crippen molar-refractivity contribution in [1.82, 2.24) is 4.98 Å². The molecule has 0 spiro atoms. The lowest BCUT2D eigenvalue weighted by Gasteiger charge is -2.01. The Kier molecular flexibility index (Phi) is 4.58. The highest BCUT2D eigenvalue weighted by atomic mass is 35.5. The van der Waals surface area contributed by atoms with E-state index in [0.29, 0.717) is 6.61 Å². The van der Waals surface area contributed by atoms with E-state index in [1.54, 1.807) is 18.4 Å². The minimum atomic E-state index is 0.672. The summed E-state index contributed by atoms with van der Waals surface area (Å²) in [6.07, 6.45) is 1.86. The van der Waals surface area contributed by atoms with Gasteiger partial charge in [-0.05, 0) is 24.1 Å². The van der Waals surface area contributed by atoms with Crippen molar-refractivity contribution in [1.29, 1.82) is 0 Å². The van der Waals surface area contributed by atoms with Crippen LogP contribution in [0.15, 0.2) is 24.4 Å². The van der Waals surface area contributed by atoms with Crippen LogP contribution in [0.25, 0.3) is 10.4 Å². The molecule has 0 bridgehead atoms. The molecular formula is C13H15ClN2OS. The lowest BCUT2D eigenvalue weighted by Crippen LogP contribution is -2.06. The maximum absolute atomic E-state index is 6.12. The minimum Gasteiger partial charge on any atom is -0.383 e. The number of halogens is 1. The van der Waals surface area contributed by atoms with E-state index in [-0.39, 0.29) is 0 Å². The molecule has 2 aromatic rings. The summed E-state index contributed by atoms with van der Waals surface area (Å²) in [6.45, 7) is 3.43. The zero-order chi connectivity index (χ0) is 13.0. The van der Waals surface area contributed by atoms with Gasteiger partial charge in [0.2, 0.25) is 0 Å². The summed E-state index contributed by atoms with van der Waals surface area (Å²) in [5, 5.41) is 4.90. The fraction of sp³-hybridized carbons (Fsp3) is 0.308. The average molecular weight is 283 g/mol. The Morgan fingerprint density at radius 1 is 1.44 bits per heavy atom. The van der Waals surface area contributed by atoms with Gasteiger partial charge >= 0.3 is 0 Å². The van der Waals surface area contributed by atoms with E-state index < -0.39 is 0 Å². The molecule has 0 aliphatic heterocycles. The molecule has 0 saturated carbocycles. The molecule has 0 aliphatic rings. The van der Waals surface area contributed by atoms with Crippen LogP contribution in [0.2, 0.25) is 5.02 Å². The van der Waals surface area contributed by atoms with Crippen LogP contribution in [0, 0.1) is 6.92 Å². The van der Waals surface area contributed by atoms with Crippen LogP contribution >= 0.6 is 22.9 Å². The summed E-state index contributed by atoms with van der Waals surface area (Å²) < 4.78 is 4.98. The number of thiazole rings is 1. The number of methoxy groups -OCH3 is 1. The molecule has 0 unspecified atom stereocenters. The summed E-state index contributed by atoms with van der Waals surface area (Å²) in [6, 6.07) is 6.06. The maximum Gasteiger partial charge on any atom is 0.183 e. The van der Waals surface area contributed by atoms with Crippen LogP contribution in [0.3, 0.4) is 0 Å². The predicted octanol–water partition coefficient (Wildman–Crippen LogP) is 3.83.